The van der Waals surface area contributed by atoms with Gasteiger partial charge in [-0.25, -0.2) is 0 Å². The van der Waals surface area contributed by atoms with Crippen molar-refractivity contribution in [3.05, 3.63) is 23.8 Å². The molecule has 1 aromatic carbocycles. The van der Waals surface area contributed by atoms with Crippen molar-refractivity contribution in [2.24, 2.45) is 5.84 Å². The number of ether oxygens (including phenoxy) is 3. The SMILES string of the molecule is COc1ccc(C(COCC(F)(F)F)NN)cc1OC. The summed E-state index contributed by atoms with van der Waals surface area (Å²) in [5.74, 6) is 6.31. The summed E-state index contributed by atoms with van der Waals surface area (Å²) < 4.78 is 50.8. The molecule has 0 radical (unpaired) electrons. The molecule has 0 aliphatic rings. The van der Waals surface area contributed by atoms with Gasteiger partial charge < -0.3 is 14.2 Å². The Bertz CT molecular complexity index is 427. The second kappa shape index (κ2) is 7.32. The number of halogens is 3. The van der Waals surface area contributed by atoms with E-state index >= 15 is 0 Å². The first-order chi connectivity index (χ1) is 9.41. The van der Waals surface area contributed by atoms with Crippen molar-refractivity contribution in [1.29, 1.82) is 0 Å². The molecule has 0 aliphatic carbocycles. The van der Waals surface area contributed by atoms with Crippen LogP contribution in [0.3, 0.4) is 0 Å². The Morgan fingerprint density at radius 3 is 2.35 bits per heavy atom. The maximum Gasteiger partial charge on any atom is 0.411 e. The normalized spacial score (nSPS) is 13.1. The van der Waals surface area contributed by atoms with Gasteiger partial charge in [0.05, 0.1) is 26.9 Å². The van der Waals surface area contributed by atoms with Gasteiger partial charge >= 0.3 is 6.18 Å². The van der Waals surface area contributed by atoms with E-state index < -0.39 is 18.8 Å². The lowest BCUT2D eigenvalue weighted by molar-refractivity contribution is -0.175. The van der Waals surface area contributed by atoms with Crippen LogP contribution in [-0.4, -0.2) is 33.6 Å². The third-order valence-electron chi connectivity index (χ3n) is 2.56. The number of nitrogens with one attached hydrogen (secondary N) is 1. The number of alkyl halides is 3. The average molecular weight is 294 g/mol. The summed E-state index contributed by atoms with van der Waals surface area (Å²) in [4.78, 5) is 0. The van der Waals surface area contributed by atoms with E-state index in [-0.39, 0.29) is 6.61 Å². The molecule has 0 aliphatic heterocycles. The Morgan fingerprint density at radius 2 is 1.85 bits per heavy atom. The highest BCUT2D eigenvalue weighted by atomic mass is 19.4. The highest BCUT2D eigenvalue weighted by Crippen LogP contribution is 2.30. The van der Waals surface area contributed by atoms with Gasteiger partial charge in [-0.05, 0) is 17.7 Å². The molecule has 0 amide bonds. The van der Waals surface area contributed by atoms with Crippen LogP contribution in [0.4, 0.5) is 13.2 Å². The minimum atomic E-state index is -4.36. The minimum Gasteiger partial charge on any atom is -0.493 e. The van der Waals surface area contributed by atoms with Crippen LogP contribution in [0.1, 0.15) is 11.6 Å². The van der Waals surface area contributed by atoms with E-state index in [2.05, 4.69) is 10.2 Å². The molecule has 1 unspecified atom stereocenters. The van der Waals surface area contributed by atoms with E-state index in [1.165, 1.54) is 14.2 Å². The lowest BCUT2D eigenvalue weighted by atomic mass is 10.1. The molecule has 1 atom stereocenters. The molecule has 0 heterocycles. The highest BCUT2D eigenvalue weighted by molar-refractivity contribution is 5.43. The van der Waals surface area contributed by atoms with E-state index in [1.54, 1.807) is 18.2 Å². The topological polar surface area (TPSA) is 65.7 Å². The van der Waals surface area contributed by atoms with Gasteiger partial charge in [0.1, 0.15) is 6.61 Å². The Labute approximate surface area is 114 Å². The van der Waals surface area contributed by atoms with Gasteiger partial charge in [-0.2, -0.15) is 13.2 Å². The molecule has 114 valence electrons. The molecule has 0 saturated carbocycles. The monoisotopic (exact) mass is 294 g/mol. The van der Waals surface area contributed by atoms with Crippen LogP contribution in [0.5, 0.6) is 11.5 Å². The Morgan fingerprint density at radius 1 is 1.20 bits per heavy atom. The lowest BCUT2D eigenvalue weighted by Crippen LogP contribution is -2.32. The number of methoxy groups -OCH3 is 2. The Balaban J connectivity index is 2.74. The average Bonchev–Trinajstić information content (AvgIpc) is 2.41. The van der Waals surface area contributed by atoms with E-state index in [4.69, 9.17) is 15.3 Å². The van der Waals surface area contributed by atoms with Crippen molar-refractivity contribution < 1.29 is 27.4 Å². The summed E-state index contributed by atoms with van der Waals surface area (Å²) in [7, 11) is 2.95. The number of rotatable bonds is 7. The first-order valence-electron chi connectivity index (χ1n) is 5.73. The standard InChI is InChI=1S/C12H17F3N2O3/c1-18-10-4-3-8(5-11(10)19-2)9(17-16)6-20-7-12(13,14)15/h3-5,9,17H,6-7,16H2,1-2H3. The van der Waals surface area contributed by atoms with Crippen LogP contribution in [0, 0.1) is 0 Å². The molecule has 20 heavy (non-hydrogen) atoms. The van der Waals surface area contributed by atoms with Crippen LogP contribution in [0.2, 0.25) is 0 Å². The molecule has 0 fully saturated rings. The maximum absolute atomic E-state index is 12.0. The minimum absolute atomic E-state index is 0.217. The van der Waals surface area contributed by atoms with Gasteiger partial charge in [-0.1, -0.05) is 6.07 Å². The molecule has 5 nitrogen and oxygen atoms in total. The van der Waals surface area contributed by atoms with E-state index in [9.17, 15) is 13.2 Å². The molecule has 0 bridgehead atoms. The molecule has 8 heteroatoms. The molecular formula is C12H17F3N2O3. The van der Waals surface area contributed by atoms with Crippen molar-refractivity contribution in [2.75, 3.05) is 27.4 Å². The van der Waals surface area contributed by atoms with Gasteiger partial charge in [-0.3, -0.25) is 11.3 Å². The van der Waals surface area contributed by atoms with Crippen molar-refractivity contribution in [2.45, 2.75) is 12.2 Å². The lowest BCUT2D eigenvalue weighted by Gasteiger charge is -2.18. The van der Waals surface area contributed by atoms with Crippen LogP contribution in [0.25, 0.3) is 0 Å². The van der Waals surface area contributed by atoms with Gasteiger partial charge in [0, 0.05) is 0 Å². The molecule has 0 aromatic heterocycles. The maximum atomic E-state index is 12.0. The zero-order chi connectivity index (χ0) is 15.2. The second-order valence-corrected chi connectivity index (χ2v) is 3.96. The van der Waals surface area contributed by atoms with E-state index in [0.29, 0.717) is 17.1 Å². The largest absolute Gasteiger partial charge is 0.493 e. The molecule has 0 spiro atoms. The third-order valence-corrected chi connectivity index (χ3v) is 2.56. The smallest absolute Gasteiger partial charge is 0.411 e. The molecule has 1 aromatic rings. The Kier molecular flexibility index (Phi) is 6.05. The van der Waals surface area contributed by atoms with Crippen LogP contribution >= 0.6 is 0 Å². The summed E-state index contributed by atoms with van der Waals surface area (Å²) in [5.41, 5.74) is 3.04. The van der Waals surface area contributed by atoms with Crippen LogP contribution in [-0.2, 0) is 4.74 Å². The molecule has 3 N–H and O–H groups in total. The quantitative estimate of drug-likeness (QED) is 0.593. The second-order valence-electron chi connectivity index (χ2n) is 3.96. The molecule has 0 saturated heterocycles. The number of hydrogen-bond donors (Lipinski definition) is 2. The fourth-order valence-electron chi connectivity index (χ4n) is 1.60. The van der Waals surface area contributed by atoms with Crippen molar-refractivity contribution in [1.82, 2.24) is 5.43 Å². The first-order valence-corrected chi connectivity index (χ1v) is 5.73. The number of hydrogen-bond acceptors (Lipinski definition) is 5. The number of hydrazine groups is 1. The zero-order valence-electron chi connectivity index (χ0n) is 11.2. The van der Waals surface area contributed by atoms with Gasteiger partial charge in [0.15, 0.2) is 11.5 Å². The predicted octanol–water partition coefficient (Wildman–Crippen LogP) is 1.79. The Hall–Kier alpha value is -1.51. The van der Waals surface area contributed by atoms with Crippen LogP contribution in [0.15, 0.2) is 18.2 Å². The molecular weight excluding hydrogens is 277 g/mol. The fraction of sp³-hybridized carbons (Fsp3) is 0.500. The first kappa shape index (κ1) is 16.5. The van der Waals surface area contributed by atoms with Crippen molar-refractivity contribution in [3.8, 4) is 11.5 Å². The zero-order valence-corrected chi connectivity index (χ0v) is 11.2. The van der Waals surface area contributed by atoms with Gasteiger partial charge in [0.2, 0.25) is 0 Å². The summed E-state index contributed by atoms with van der Waals surface area (Å²) >= 11 is 0. The van der Waals surface area contributed by atoms with Gasteiger partial charge in [0.25, 0.3) is 0 Å². The van der Waals surface area contributed by atoms with Crippen LogP contribution < -0.4 is 20.7 Å². The van der Waals surface area contributed by atoms with E-state index in [1.807, 2.05) is 0 Å². The fourth-order valence-corrected chi connectivity index (χ4v) is 1.60. The van der Waals surface area contributed by atoms with Crippen molar-refractivity contribution in [3.63, 3.8) is 0 Å². The summed E-state index contributed by atoms with van der Waals surface area (Å²) in [6, 6.07) is 4.35. The predicted molar refractivity (Wildman–Crippen MR) is 66.5 cm³/mol. The summed E-state index contributed by atoms with van der Waals surface area (Å²) in [6.07, 6.45) is -4.36. The van der Waals surface area contributed by atoms with Gasteiger partial charge in [-0.15, -0.1) is 0 Å². The summed E-state index contributed by atoms with van der Waals surface area (Å²) in [6.45, 7) is -1.54. The van der Waals surface area contributed by atoms with Crippen molar-refractivity contribution >= 4 is 0 Å². The van der Waals surface area contributed by atoms with E-state index in [0.717, 1.165) is 0 Å². The highest BCUT2D eigenvalue weighted by Gasteiger charge is 2.28. The summed E-state index contributed by atoms with van der Waals surface area (Å²) in [5, 5.41) is 0. The number of benzene rings is 1. The molecule has 1 rings (SSSR count). The number of nitrogens with two attached hydrogens (primary N) is 1. The third kappa shape index (κ3) is 4.87.